The van der Waals surface area contributed by atoms with Crippen molar-refractivity contribution in [1.82, 2.24) is 0 Å². The van der Waals surface area contributed by atoms with Gasteiger partial charge in [-0.1, -0.05) is 71.1 Å². The third-order valence-corrected chi connectivity index (χ3v) is 5.42. The summed E-state index contributed by atoms with van der Waals surface area (Å²) in [5, 5.41) is 29.1. The highest BCUT2D eigenvalue weighted by atomic mass is 16.4. The summed E-state index contributed by atoms with van der Waals surface area (Å²) in [6.45, 7) is 2.25. The molecule has 4 nitrogen and oxygen atoms in total. The van der Waals surface area contributed by atoms with E-state index in [9.17, 15) is 15.0 Å². The Bertz CT molecular complexity index is 554. The highest BCUT2D eigenvalue weighted by molar-refractivity contribution is 5.66. The van der Waals surface area contributed by atoms with E-state index in [0.717, 1.165) is 36.8 Å². The molecule has 0 spiro atoms. The maximum Gasteiger partial charge on any atom is 0.303 e. The maximum atomic E-state index is 10.5. The number of phenolic OH excluding ortho intramolecular Hbond substituents is 2. The standard InChI is InChI=1S/C24H40O4/c1-2-3-4-5-6-7-8-9-10-12-15-20-18-23(26)21(19-22(20)25)16-13-11-14-17-24(27)28/h18-19,25-26H,2-17H2,1H3,(H,27,28). The van der Waals surface area contributed by atoms with Gasteiger partial charge in [0.05, 0.1) is 0 Å². The Morgan fingerprint density at radius 1 is 0.679 bits per heavy atom. The van der Waals surface area contributed by atoms with Crippen LogP contribution in [-0.4, -0.2) is 21.3 Å². The van der Waals surface area contributed by atoms with E-state index in [2.05, 4.69) is 6.92 Å². The summed E-state index contributed by atoms with van der Waals surface area (Å²) >= 11 is 0. The molecule has 160 valence electrons. The second-order valence-electron chi connectivity index (χ2n) is 8.00. The number of aliphatic carboxylic acids is 1. The first kappa shape index (κ1) is 24.3. The number of phenols is 2. The number of benzene rings is 1. The first-order chi connectivity index (χ1) is 13.5. The zero-order valence-electron chi connectivity index (χ0n) is 17.7. The monoisotopic (exact) mass is 392 g/mol. The normalized spacial score (nSPS) is 11.0. The van der Waals surface area contributed by atoms with Gasteiger partial charge in [0.2, 0.25) is 0 Å². The van der Waals surface area contributed by atoms with Crippen molar-refractivity contribution in [2.24, 2.45) is 0 Å². The second kappa shape index (κ2) is 15.2. The highest BCUT2D eigenvalue weighted by Crippen LogP contribution is 2.30. The summed E-state index contributed by atoms with van der Waals surface area (Å²) in [7, 11) is 0. The number of unbranched alkanes of at least 4 members (excludes halogenated alkanes) is 11. The van der Waals surface area contributed by atoms with Crippen molar-refractivity contribution in [3.8, 4) is 11.5 Å². The molecule has 0 amide bonds. The molecule has 28 heavy (non-hydrogen) atoms. The van der Waals surface area contributed by atoms with E-state index in [1.165, 1.54) is 57.8 Å². The third kappa shape index (κ3) is 11.2. The van der Waals surface area contributed by atoms with E-state index >= 15 is 0 Å². The van der Waals surface area contributed by atoms with Crippen LogP contribution in [0.15, 0.2) is 12.1 Å². The zero-order chi connectivity index (χ0) is 20.6. The van der Waals surface area contributed by atoms with Crippen molar-refractivity contribution >= 4 is 5.97 Å². The quantitative estimate of drug-likeness (QED) is 0.202. The first-order valence-corrected chi connectivity index (χ1v) is 11.3. The van der Waals surface area contributed by atoms with Crippen molar-refractivity contribution in [3.63, 3.8) is 0 Å². The summed E-state index contributed by atoms with van der Waals surface area (Å²) in [4.78, 5) is 10.5. The largest absolute Gasteiger partial charge is 0.508 e. The molecule has 0 aliphatic carbocycles. The average Bonchev–Trinajstić information content (AvgIpc) is 2.66. The molecule has 0 aromatic heterocycles. The molecule has 3 N–H and O–H groups in total. The van der Waals surface area contributed by atoms with Gasteiger partial charge in [0.15, 0.2) is 0 Å². The van der Waals surface area contributed by atoms with Gasteiger partial charge < -0.3 is 15.3 Å². The Hall–Kier alpha value is -1.71. The number of aryl methyl sites for hydroxylation is 2. The predicted molar refractivity (Wildman–Crippen MR) is 115 cm³/mol. The van der Waals surface area contributed by atoms with Crippen LogP contribution in [0.1, 0.15) is 108 Å². The van der Waals surface area contributed by atoms with E-state index in [1.807, 2.05) is 0 Å². The lowest BCUT2D eigenvalue weighted by Crippen LogP contribution is -1.95. The zero-order valence-corrected chi connectivity index (χ0v) is 17.7. The topological polar surface area (TPSA) is 77.8 Å². The minimum absolute atomic E-state index is 0.190. The lowest BCUT2D eigenvalue weighted by molar-refractivity contribution is -0.137. The maximum absolute atomic E-state index is 10.5. The first-order valence-electron chi connectivity index (χ1n) is 11.3. The Balaban J connectivity index is 2.20. The van der Waals surface area contributed by atoms with Crippen LogP contribution >= 0.6 is 0 Å². The van der Waals surface area contributed by atoms with Gasteiger partial charge in [0, 0.05) is 6.42 Å². The van der Waals surface area contributed by atoms with Gasteiger partial charge in [-0.05, 0) is 55.4 Å². The predicted octanol–water partition coefficient (Wildman–Crippen LogP) is 6.75. The van der Waals surface area contributed by atoms with Crippen LogP contribution < -0.4 is 0 Å². The SMILES string of the molecule is CCCCCCCCCCCCc1cc(O)c(CCCCCC(=O)O)cc1O. The van der Waals surface area contributed by atoms with E-state index in [4.69, 9.17) is 5.11 Å². The fourth-order valence-electron chi connectivity index (χ4n) is 3.64. The van der Waals surface area contributed by atoms with Crippen molar-refractivity contribution < 1.29 is 20.1 Å². The summed E-state index contributed by atoms with van der Waals surface area (Å²) in [5.41, 5.74) is 1.58. The van der Waals surface area contributed by atoms with E-state index in [-0.39, 0.29) is 17.9 Å². The number of carbonyl (C=O) groups is 1. The minimum atomic E-state index is -0.767. The van der Waals surface area contributed by atoms with Crippen LogP contribution in [0.2, 0.25) is 0 Å². The number of carboxylic acids is 1. The number of rotatable bonds is 17. The summed E-state index contributed by atoms with van der Waals surface area (Å²) in [5.74, 6) is -0.246. The molecular weight excluding hydrogens is 352 g/mol. The van der Waals surface area contributed by atoms with Crippen molar-refractivity contribution in [1.29, 1.82) is 0 Å². The van der Waals surface area contributed by atoms with Crippen molar-refractivity contribution in [2.75, 3.05) is 0 Å². The van der Waals surface area contributed by atoms with Crippen LogP contribution in [0.25, 0.3) is 0 Å². The third-order valence-electron chi connectivity index (χ3n) is 5.42. The number of carboxylic acid groups (broad SMARTS) is 1. The molecule has 0 radical (unpaired) electrons. The smallest absolute Gasteiger partial charge is 0.303 e. The van der Waals surface area contributed by atoms with Crippen molar-refractivity contribution in [2.45, 2.75) is 110 Å². The van der Waals surface area contributed by atoms with Crippen LogP contribution in [0.3, 0.4) is 0 Å². The van der Waals surface area contributed by atoms with Gasteiger partial charge in [0.25, 0.3) is 0 Å². The summed E-state index contributed by atoms with van der Waals surface area (Å²) in [6.07, 6.45) is 16.8. The van der Waals surface area contributed by atoms with E-state index in [1.54, 1.807) is 12.1 Å². The lowest BCUT2D eigenvalue weighted by Gasteiger charge is -2.10. The van der Waals surface area contributed by atoms with Gasteiger partial charge in [-0.3, -0.25) is 4.79 Å². The molecule has 0 saturated carbocycles. The molecular formula is C24H40O4. The molecule has 4 heteroatoms. The Kier molecular flexibility index (Phi) is 13.2. The molecule has 1 aromatic rings. The molecule has 0 unspecified atom stereocenters. The van der Waals surface area contributed by atoms with Gasteiger partial charge >= 0.3 is 5.97 Å². The average molecular weight is 393 g/mol. The molecule has 0 heterocycles. The fourth-order valence-corrected chi connectivity index (χ4v) is 3.64. The minimum Gasteiger partial charge on any atom is -0.508 e. The van der Waals surface area contributed by atoms with Crippen molar-refractivity contribution in [3.05, 3.63) is 23.3 Å². The molecule has 0 fully saturated rings. The highest BCUT2D eigenvalue weighted by Gasteiger charge is 2.09. The fraction of sp³-hybridized carbons (Fsp3) is 0.708. The Morgan fingerprint density at radius 2 is 1.07 bits per heavy atom. The van der Waals surface area contributed by atoms with Gasteiger partial charge in [0.1, 0.15) is 11.5 Å². The Labute approximate surface area is 171 Å². The Morgan fingerprint density at radius 3 is 1.50 bits per heavy atom. The number of aromatic hydroxyl groups is 2. The molecule has 1 aromatic carbocycles. The lowest BCUT2D eigenvalue weighted by atomic mass is 9.99. The molecule has 0 aliphatic heterocycles. The number of hydrogen-bond donors (Lipinski definition) is 3. The summed E-state index contributed by atoms with van der Waals surface area (Å²) in [6, 6.07) is 3.38. The molecule has 0 saturated heterocycles. The molecule has 0 atom stereocenters. The number of hydrogen-bond acceptors (Lipinski definition) is 3. The summed E-state index contributed by atoms with van der Waals surface area (Å²) < 4.78 is 0. The molecule has 0 bridgehead atoms. The van der Waals surface area contributed by atoms with Crippen LogP contribution in [0, 0.1) is 0 Å². The van der Waals surface area contributed by atoms with E-state index < -0.39 is 5.97 Å². The van der Waals surface area contributed by atoms with E-state index in [0.29, 0.717) is 12.8 Å². The van der Waals surface area contributed by atoms with Gasteiger partial charge in [-0.25, -0.2) is 0 Å². The van der Waals surface area contributed by atoms with Crippen LogP contribution in [-0.2, 0) is 17.6 Å². The molecule has 1 rings (SSSR count). The van der Waals surface area contributed by atoms with Crippen LogP contribution in [0.5, 0.6) is 11.5 Å². The van der Waals surface area contributed by atoms with Gasteiger partial charge in [-0.15, -0.1) is 0 Å². The second-order valence-corrected chi connectivity index (χ2v) is 8.00. The van der Waals surface area contributed by atoms with Gasteiger partial charge in [-0.2, -0.15) is 0 Å². The van der Waals surface area contributed by atoms with Crippen LogP contribution in [0.4, 0.5) is 0 Å². The molecule has 0 aliphatic rings.